The van der Waals surface area contributed by atoms with Gasteiger partial charge in [-0.15, -0.1) is 0 Å². The van der Waals surface area contributed by atoms with Crippen LogP contribution in [0.25, 0.3) is 0 Å². The monoisotopic (exact) mass is 255 g/mol. The highest BCUT2D eigenvalue weighted by Gasteiger charge is 2.28. The fourth-order valence-corrected chi connectivity index (χ4v) is 2.72. The number of hydrogen-bond donors (Lipinski definition) is 1. The molecule has 0 radical (unpaired) electrons. The zero-order chi connectivity index (χ0) is 13.2. The van der Waals surface area contributed by atoms with Gasteiger partial charge in [-0.25, -0.2) is 0 Å². The van der Waals surface area contributed by atoms with Crippen LogP contribution in [0, 0.1) is 0 Å². The van der Waals surface area contributed by atoms with Crippen molar-refractivity contribution in [1.29, 1.82) is 0 Å². The Morgan fingerprint density at radius 2 is 1.63 bits per heavy atom. The van der Waals surface area contributed by atoms with Gasteiger partial charge in [0.05, 0.1) is 25.8 Å². The van der Waals surface area contributed by atoms with Gasteiger partial charge in [-0.1, -0.05) is 30.3 Å². The van der Waals surface area contributed by atoms with E-state index in [9.17, 15) is 0 Å². The number of nitrogens with one attached hydrogen (secondary N) is 1. The third-order valence-corrected chi connectivity index (χ3v) is 3.62. The minimum atomic E-state index is 0.127. The first-order valence-electron chi connectivity index (χ1n) is 6.37. The average molecular weight is 255 g/mol. The average Bonchev–Trinajstić information content (AvgIpc) is 2.90. The summed E-state index contributed by atoms with van der Waals surface area (Å²) in [5.41, 5.74) is 3.70. The topological polar surface area (TPSA) is 30.5 Å². The highest BCUT2D eigenvalue weighted by molar-refractivity contribution is 5.53. The SMILES string of the molecule is COc1cccc(OC)c1C1NCc2ccccc21. The molecule has 3 rings (SSSR count). The molecule has 0 aliphatic carbocycles. The molecular weight excluding hydrogens is 238 g/mol. The number of ether oxygens (including phenoxy) is 2. The molecule has 0 saturated heterocycles. The van der Waals surface area contributed by atoms with Crippen LogP contribution in [-0.4, -0.2) is 14.2 Å². The summed E-state index contributed by atoms with van der Waals surface area (Å²) in [7, 11) is 3.39. The molecule has 1 N–H and O–H groups in total. The van der Waals surface area contributed by atoms with Crippen molar-refractivity contribution in [3.05, 3.63) is 59.2 Å². The zero-order valence-corrected chi connectivity index (χ0v) is 11.1. The van der Waals surface area contributed by atoms with Gasteiger partial charge < -0.3 is 14.8 Å². The summed E-state index contributed by atoms with van der Waals surface area (Å²) >= 11 is 0. The highest BCUT2D eigenvalue weighted by atomic mass is 16.5. The first kappa shape index (κ1) is 12.1. The maximum atomic E-state index is 5.50. The van der Waals surface area contributed by atoms with Crippen molar-refractivity contribution in [3.8, 4) is 11.5 Å². The van der Waals surface area contributed by atoms with Crippen molar-refractivity contribution in [3.63, 3.8) is 0 Å². The Labute approximate surface area is 113 Å². The smallest absolute Gasteiger partial charge is 0.127 e. The van der Waals surface area contributed by atoms with E-state index in [1.165, 1.54) is 11.1 Å². The number of rotatable bonds is 3. The lowest BCUT2D eigenvalue weighted by Gasteiger charge is -2.19. The number of fused-ring (bicyclic) bond motifs is 1. The fraction of sp³-hybridized carbons (Fsp3) is 0.250. The van der Waals surface area contributed by atoms with E-state index in [0.717, 1.165) is 23.6 Å². The Bertz CT molecular complexity index is 573. The minimum absolute atomic E-state index is 0.127. The predicted octanol–water partition coefficient (Wildman–Crippen LogP) is 2.90. The van der Waals surface area contributed by atoms with Crippen LogP contribution in [0.15, 0.2) is 42.5 Å². The summed E-state index contributed by atoms with van der Waals surface area (Å²) in [6.45, 7) is 0.877. The largest absolute Gasteiger partial charge is 0.496 e. The van der Waals surface area contributed by atoms with Gasteiger partial charge in [0.1, 0.15) is 11.5 Å². The van der Waals surface area contributed by atoms with Crippen LogP contribution in [-0.2, 0) is 6.54 Å². The molecule has 0 aromatic heterocycles. The van der Waals surface area contributed by atoms with Crippen LogP contribution in [0.3, 0.4) is 0 Å². The summed E-state index contributed by atoms with van der Waals surface area (Å²) in [4.78, 5) is 0. The van der Waals surface area contributed by atoms with Gasteiger partial charge in [-0.3, -0.25) is 0 Å². The zero-order valence-electron chi connectivity index (χ0n) is 11.1. The highest BCUT2D eigenvalue weighted by Crippen LogP contribution is 2.40. The molecule has 1 atom stereocenters. The molecule has 0 spiro atoms. The first-order chi connectivity index (χ1) is 9.35. The summed E-state index contributed by atoms with van der Waals surface area (Å²) in [6.07, 6.45) is 0. The molecule has 0 amide bonds. The van der Waals surface area contributed by atoms with Crippen LogP contribution in [0.4, 0.5) is 0 Å². The number of benzene rings is 2. The van der Waals surface area contributed by atoms with Crippen molar-refractivity contribution in [2.75, 3.05) is 14.2 Å². The van der Waals surface area contributed by atoms with E-state index in [1.54, 1.807) is 14.2 Å². The van der Waals surface area contributed by atoms with E-state index in [-0.39, 0.29) is 6.04 Å². The molecule has 1 aliphatic heterocycles. The Morgan fingerprint density at radius 1 is 0.947 bits per heavy atom. The summed E-state index contributed by atoms with van der Waals surface area (Å²) in [5, 5.41) is 3.53. The van der Waals surface area contributed by atoms with Gasteiger partial charge >= 0.3 is 0 Å². The standard InChI is InChI=1S/C16H17NO2/c1-18-13-8-5-9-14(19-2)15(13)16-12-7-4-3-6-11(12)10-17-16/h3-9,16-17H,10H2,1-2H3. The Morgan fingerprint density at radius 3 is 2.32 bits per heavy atom. The third-order valence-electron chi connectivity index (χ3n) is 3.62. The first-order valence-corrected chi connectivity index (χ1v) is 6.37. The molecule has 1 unspecified atom stereocenters. The molecule has 3 heteroatoms. The lowest BCUT2D eigenvalue weighted by Crippen LogP contribution is -2.15. The molecule has 0 fully saturated rings. The molecule has 19 heavy (non-hydrogen) atoms. The Balaban J connectivity index is 2.13. The molecule has 2 aromatic carbocycles. The van der Waals surface area contributed by atoms with Gasteiger partial charge in [0.15, 0.2) is 0 Å². The van der Waals surface area contributed by atoms with Crippen molar-refractivity contribution in [2.24, 2.45) is 0 Å². The van der Waals surface area contributed by atoms with Crippen molar-refractivity contribution in [2.45, 2.75) is 12.6 Å². The van der Waals surface area contributed by atoms with Crippen LogP contribution in [0.1, 0.15) is 22.7 Å². The summed E-state index contributed by atoms with van der Waals surface area (Å²) in [5.74, 6) is 1.71. The Kier molecular flexibility index (Phi) is 3.13. The van der Waals surface area contributed by atoms with Gasteiger partial charge in [-0.05, 0) is 23.3 Å². The number of hydrogen-bond acceptors (Lipinski definition) is 3. The Hall–Kier alpha value is -2.00. The van der Waals surface area contributed by atoms with Crippen LogP contribution >= 0.6 is 0 Å². The van der Waals surface area contributed by atoms with Gasteiger partial charge in [-0.2, -0.15) is 0 Å². The van der Waals surface area contributed by atoms with Crippen LogP contribution < -0.4 is 14.8 Å². The molecule has 3 nitrogen and oxygen atoms in total. The van der Waals surface area contributed by atoms with Gasteiger partial charge in [0, 0.05) is 6.54 Å². The van der Waals surface area contributed by atoms with E-state index in [2.05, 4.69) is 29.6 Å². The summed E-state index contributed by atoms with van der Waals surface area (Å²) in [6, 6.07) is 14.5. The second-order valence-corrected chi connectivity index (χ2v) is 4.59. The lowest BCUT2D eigenvalue weighted by atomic mass is 9.97. The lowest BCUT2D eigenvalue weighted by molar-refractivity contribution is 0.379. The van der Waals surface area contributed by atoms with Crippen molar-refractivity contribution < 1.29 is 9.47 Å². The van der Waals surface area contributed by atoms with Gasteiger partial charge in [0.25, 0.3) is 0 Å². The van der Waals surface area contributed by atoms with E-state index in [0.29, 0.717) is 0 Å². The van der Waals surface area contributed by atoms with Crippen LogP contribution in [0.2, 0.25) is 0 Å². The van der Waals surface area contributed by atoms with Crippen LogP contribution in [0.5, 0.6) is 11.5 Å². The van der Waals surface area contributed by atoms with E-state index >= 15 is 0 Å². The second-order valence-electron chi connectivity index (χ2n) is 4.59. The number of methoxy groups -OCH3 is 2. The maximum Gasteiger partial charge on any atom is 0.127 e. The molecule has 2 aromatic rings. The second kappa shape index (κ2) is 4.94. The molecular formula is C16H17NO2. The van der Waals surface area contributed by atoms with E-state index < -0.39 is 0 Å². The molecule has 0 bridgehead atoms. The normalized spacial score (nSPS) is 17.1. The molecule has 0 saturated carbocycles. The molecule has 1 heterocycles. The summed E-state index contributed by atoms with van der Waals surface area (Å²) < 4.78 is 11.0. The van der Waals surface area contributed by atoms with E-state index in [1.807, 2.05) is 18.2 Å². The quantitative estimate of drug-likeness (QED) is 0.914. The third kappa shape index (κ3) is 1.96. The molecule has 1 aliphatic rings. The minimum Gasteiger partial charge on any atom is -0.496 e. The van der Waals surface area contributed by atoms with Crippen molar-refractivity contribution >= 4 is 0 Å². The van der Waals surface area contributed by atoms with Gasteiger partial charge in [0.2, 0.25) is 0 Å². The van der Waals surface area contributed by atoms with E-state index in [4.69, 9.17) is 9.47 Å². The predicted molar refractivity (Wildman–Crippen MR) is 74.7 cm³/mol. The fourth-order valence-electron chi connectivity index (χ4n) is 2.72. The maximum absolute atomic E-state index is 5.50. The molecule has 98 valence electrons. The van der Waals surface area contributed by atoms with Crippen molar-refractivity contribution in [1.82, 2.24) is 5.32 Å².